The van der Waals surface area contributed by atoms with Crippen LogP contribution in [0.5, 0.6) is 0 Å². The minimum atomic E-state index is -4.15. The highest BCUT2D eigenvalue weighted by Gasteiger charge is 2.44. The molecule has 0 unspecified atom stereocenters. The smallest absolute Gasteiger partial charge is 0.264 e. The molecule has 2 atom stereocenters. The van der Waals surface area contributed by atoms with Gasteiger partial charge in [-0.25, -0.2) is 16.8 Å². The maximum absolute atomic E-state index is 13.4. The lowest BCUT2D eigenvalue weighted by Gasteiger charge is -2.31. The summed E-state index contributed by atoms with van der Waals surface area (Å²) in [6, 6.07) is 13.0. The molecule has 1 aliphatic rings. The van der Waals surface area contributed by atoms with Crippen LogP contribution in [0.15, 0.2) is 59.5 Å². The predicted molar refractivity (Wildman–Crippen MR) is 109 cm³/mol. The van der Waals surface area contributed by atoms with E-state index in [2.05, 4.69) is 5.32 Å². The molecule has 0 spiro atoms. The van der Waals surface area contributed by atoms with Gasteiger partial charge in [0, 0.05) is 13.5 Å². The number of sulfone groups is 1. The Hall–Kier alpha value is -2.43. The van der Waals surface area contributed by atoms with Crippen molar-refractivity contribution in [3.63, 3.8) is 0 Å². The van der Waals surface area contributed by atoms with Crippen LogP contribution in [0.25, 0.3) is 0 Å². The van der Waals surface area contributed by atoms with Gasteiger partial charge in [0.2, 0.25) is 5.91 Å². The van der Waals surface area contributed by atoms with Crippen LogP contribution in [-0.4, -0.2) is 51.5 Å². The third-order valence-electron chi connectivity index (χ3n) is 4.63. The van der Waals surface area contributed by atoms with E-state index < -0.39 is 43.5 Å². The Morgan fingerprint density at radius 3 is 2.24 bits per heavy atom. The fraction of sp³-hybridized carbons (Fsp3) is 0.316. The van der Waals surface area contributed by atoms with E-state index in [-0.39, 0.29) is 23.0 Å². The van der Waals surface area contributed by atoms with Crippen LogP contribution in [0.2, 0.25) is 0 Å². The molecule has 3 rings (SSSR count). The van der Waals surface area contributed by atoms with Crippen LogP contribution in [0.3, 0.4) is 0 Å². The Bertz CT molecular complexity index is 1080. The van der Waals surface area contributed by atoms with Gasteiger partial charge in [-0.05, 0) is 29.8 Å². The molecule has 2 aromatic rings. The molecule has 0 bridgehead atoms. The van der Waals surface area contributed by atoms with Gasteiger partial charge in [0.15, 0.2) is 9.84 Å². The lowest BCUT2D eigenvalue weighted by Crippen LogP contribution is -2.47. The highest BCUT2D eigenvalue weighted by molar-refractivity contribution is 7.93. The van der Waals surface area contributed by atoms with Crippen molar-refractivity contribution < 1.29 is 26.7 Å². The molecule has 8 nitrogen and oxygen atoms in total. The van der Waals surface area contributed by atoms with Gasteiger partial charge in [0.25, 0.3) is 10.0 Å². The zero-order valence-electron chi connectivity index (χ0n) is 15.7. The topological polar surface area (TPSA) is 121 Å². The van der Waals surface area contributed by atoms with Gasteiger partial charge in [0.1, 0.15) is 0 Å². The first-order valence-electron chi connectivity index (χ1n) is 8.91. The van der Waals surface area contributed by atoms with Gasteiger partial charge >= 0.3 is 0 Å². The Labute approximate surface area is 170 Å². The molecule has 156 valence electrons. The molecule has 1 amide bonds. The van der Waals surface area contributed by atoms with Crippen molar-refractivity contribution in [1.82, 2.24) is 5.32 Å². The second-order valence-electron chi connectivity index (χ2n) is 6.90. The molecule has 1 fully saturated rings. The molecule has 1 aliphatic heterocycles. The number of nitrogens with one attached hydrogen (secondary N) is 1. The Morgan fingerprint density at radius 2 is 1.72 bits per heavy atom. The fourth-order valence-corrected chi connectivity index (χ4v) is 6.78. The van der Waals surface area contributed by atoms with Crippen molar-refractivity contribution in [2.75, 3.05) is 15.8 Å². The number of hydrogen-bond acceptors (Lipinski definition) is 6. The van der Waals surface area contributed by atoms with Crippen molar-refractivity contribution in [1.29, 1.82) is 0 Å². The minimum Gasteiger partial charge on any atom is -0.390 e. The van der Waals surface area contributed by atoms with Crippen LogP contribution in [-0.2, 0) is 31.2 Å². The van der Waals surface area contributed by atoms with Gasteiger partial charge in [-0.1, -0.05) is 30.3 Å². The molecule has 0 saturated carbocycles. The molecule has 10 heteroatoms. The minimum absolute atomic E-state index is 0.0376. The quantitative estimate of drug-likeness (QED) is 0.684. The third kappa shape index (κ3) is 4.77. The molecule has 0 radical (unpaired) electrons. The van der Waals surface area contributed by atoms with Gasteiger partial charge in [-0.3, -0.25) is 9.10 Å². The highest BCUT2D eigenvalue weighted by atomic mass is 32.2. The maximum Gasteiger partial charge on any atom is 0.264 e. The number of carbonyl (C=O) groups is 1. The molecule has 0 aliphatic carbocycles. The number of anilines is 1. The van der Waals surface area contributed by atoms with E-state index in [9.17, 15) is 26.7 Å². The number of sulfonamides is 1. The third-order valence-corrected chi connectivity index (χ3v) is 8.19. The number of para-hydroxylation sites is 1. The number of aliphatic hydroxyl groups excluding tert-OH is 1. The van der Waals surface area contributed by atoms with Gasteiger partial charge in [-0.2, -0.15) is 0 Å². The number of nitrogens with zero attached hydrogens (tertiary/aromatic N) is 1. The number of benzene rings is 2. The van der Waals surface area contributed by atoms with E-state index in [1.54, 1.807) is 42.5 Å². The van der Waals surface area contributed by atoms with Crippen molar-refractivity contribution in [2.45, 2.75) is 30.5 Å². The average molecular weight is 439 g/mol. The summed E-state index contributed by atoms with van der Waals surface area (Å²) in [4.78, 5) is 11.0. The first-order valence-corrected chi connectivity index (χ1v) is 12.2. The summed E-state index contributed by atoms with van der Waals surface area (Å²) in [6.07, 6.45) is -1.32. The van der Waals surface area contributed by atoms with Crippen molar-refractivity contribution in [2.24, 2.45) is 0 Å². The van der Waals surface area contributed by atoms with Crippen LogP contribution in [0.4, 0.5) is 5.69 Å². The first kappa shape index (κ1) is 21.3. The summed E-state index contributed by atoms with van der Waals surface area (Å²) < 4.78 is 51.8. The normalized spacial score (nSPS) is 20.9. The Balaban J connectivity index is 2.00. The Morgan fingerprint density at radius 1 is 1.10 bits per heavy atom. The molecular weight excluding hydrogens is 416 g/mol. The fourth-order valence-electron chi connectivity index (χ4n) is 3.24. The molecule has 1 saturated heterocycles. The summed E-state index contributed by atoms with van der Waals surface area (Å²) in [5.74, 6) is -1.14. The highest BCUT2D eigenvalue weighted by Crippen LogP contribution is 2.31. The van der Waals surface area contributed by atoms with E-state index >= 15 is 0 Å². The predicted octanol–water partition coefficient (Wildman–Crippen LogP) is 0.676. The van der Waals surface area contributed by atoms with Gasteiger partial charge in [-0.15, -0.1) is 0 Å². The zero-order chi connectivity index (χ0) is 21.2. The van der Waals surface area contributed by atoms with Crippen molar-refractivity contribution >= 4 is 31.5 Å². The molecule has 2 N–H and O–H groups in total. The van der Waals surface area contributed by atoms with Crippen molar-refractivity contribution in [3.05, 3.63) is 60.2 Å². The lowest BCUT2D eigenvalue weighted by molar-refractivity contribution is -0.119. The number of hydrogen-bond donors (Lipinski definition) is 2. The van der Waals surface area contributed by atoms with E-state index in [4.69, 9.17) is 0 Å². The SMILES string of the molecule is CC(=O)NCc1ccc(S(=O)(=O)N(c2ccccc2)[C@@H]2CS(=O)(=O)C[C@@H]2O)cc1. The summed E-state index contributed by atoms with van der Waals surface area (Å²) in [7, 11) is -7.71. The summed E-state index contributed by atoms with van der Waals surface area (Å²) in [5, 5.41) is 12.9. The largest absolute Gasteiger partial charge is 0.390 e. The number of rotatable bonds is 6. The second kappa shape index (κ2) is 8.13. The Kier molecular flexibility index (Phi) is 5.97. The molecule has 29 heavy (non-hydrogen) atoms. The monoisotopic (exact) mass is 438 g/mol. The molecule has 0 aromatic heterocycles. The zero-order valence-corrected chi connectivity index (χ0v) is 17.4. The van der Waals surface area contributed by atoms with E-state index in [1.807, 2.05) is 0 Å². The van der Waals surface area contributed by atoms with E-state index in [0.29, 0.717) is 5.56 Å². The van der Waals surface area contributed by atoms with Crippen LogP contribution in [0.1, 0.15) is 12.5 Å². The number of carbonyl (C=O) groups excluding carboxylic acids is 1. The number of amides is 1. The first-order chi connectivity index (χ1) is 13.6. The van der Waals surface area contributed by atoms with Crippen molar-refractivity contribution in [3.8, 4) is 0 Å². The van der Waals surface area contributed by atoms with Gasteiger partial charge < -0.3 is 10.4 Å². The van der Waals surface area contributed by atoms with Crippen LogP contribution in [0, 0.1) is 0 Å². The van der Waals surface area contributed by atoms with Crippen LogP contribution >= 0.6 is 0 Å². The summed E-state index contributed by atoms with van der Waals surface area (Å²) >= 11 is 0. The number of aliphatic hydroxyl groups is 1. The lowest BCUT2D eigenvalue weighted by atomic mass is 10.2. The summed E-state index contributed by atoms with van der Waals surface area (Å²) in [6.45, 7) is 1.65. The van der Waals surface area contributed by atoms with Gasteiger partial charge in [0.05, 0.1) is 34.2 Å². The second-order valence-corrected chi connectivity index (χ2v) is 10.9. The van der Waals surface area contributed by atoms with Crippen LogP contribution < -0.4 is 9.62 Å². The molecular formula is C19H22N2O6S2. The maximum atomic E-state index is 13.4. The van der Waals surface area contributed by atoms with E-state index in [1.165, 1.54) is 19.1 Å². The standard InChI is InChI=1S/C19H22N2O6S2/c1-14(22)20-11-15-7-9-17(10-8-15)29(26,27)21(16-5-3-2-4-6-16)18-12-28(24,25)13-19(18)23/h2-10,18-19,23H,11-13H2,1H3,(H,20,22)/t18-,19+/m1/s1. The molecule has 2 aromatic carbocycles. The summed E-state index contributed by atoms with van der Waals surface area (Å²) in [5.41, 5.74) is 0.991. The average Bonchev–Trinajstić information content (AvgIpc) is 2.93. The molecule has 1 heterocycles. The van der Waals surface area contributed by atoms with E-state index in [0.717, 1.165) is 4.31 Å².